The van der Waals surface area contributed by atoms with E-state index in [1.807, 2.05) is 0 Å². The van der Waals surface area contributed by atoms with Crippen molar-refractivity contribution >= 4 is 0 Å². The van der Waals surface area contributed by atoms with Crippen molar-refractivity contribution in [3.8, 4) is 0 Å². The van der Waals surface area contributed by atoms with Gasteiger partial charge >= 0.3 is 0 Å². The van der Waals surface area contributed by atoms with E-state index in [4.69, 9.17) is 0 Å². The zero-order chi connectivity index (χ0) is 12.9. The quantitative estimate of drug-likeness (QED) is 0.896. The first-order valence-corrected chi connectivity index (χ1v) is 7.94. The summed E-state index contributed by atoms with van der Waals surface area (Å²) in [6.45, 7) is 4.91. The molecule has 1 fully saturated rings. The third kappa shape index (κ3) is 3.58. The molecule has 0 spiro atoms. The summed E-state index contributed by atoms with van der Waals surface area (Å²) in [6.07, 6.45) is 8.06. The van der Waals surface area contributed by atoms with Crippen molar-refractivity contribution < 1.29 is 0 Å². The van der Waals surface area contributed by atoms with Gasteiger partial charge in [0.25, 0.3) is 0 Å². The van der Waals surface area contributed by atoms with E-state index in [2.05, 4.69) is 34.5 Å². The number of aryl methyl sites for hydroxylation is 1. The Morgan fingerprint density at radius 3 is 2.84 bits per heavy atom. The molecule has 0 radical (unpaired) electrons. The minimum absolute atomic E-state index is 0.771. The topological polar surface area (TPSA) is 15.3 Å². The molecule has 1 atom stereocenters. The van der Waals surface area contributed by atoms with Gasteiger partial charge in [0, 0.05) is 12.6 Å². The predicted octanol–water partition coefficient (Wildman–Crippen LogP) is 2.97. The molecule has 2 heteroatoms. The maximum atomic E-state index is 3.67. The van der Waals surface area contributed by atoms with Crippen LogP contribution in [0.4, 0.5) is 0 Å². The first-order chi connectivity index (χ1) is 9.42. The number of nitrogens with zero attached hydrogens (tertiary/aromatic N) is 1. The summed E-state index contributed by atoms with van der Waals surface area (Å²) < 4.78 is 0. The smallest absolute Gasteiger partial charge is 0.0236 e. The van der Waals surface area contributed by atoms with E-state index in [1.165, 1.54) is 58.2 Å². The molecule has 0 amide bonds. The van der Waals surface area contributed by atoms with Crippen LogP contribution < -0.4 is 5.32 Å². The highest BCUT2D eigenvalue weighted by molar-refractivity contribution is 5.27. The van der Waals surface area contributed by atoms with E-state index in [0.717, 1.165) is 12.6 Å². The molecule has 1 saturated heterocycles. The minimum Gasteiger partial charge on any atom is -0.314 e. The summed E-state index contributed by atoms with van der Waals surface area (Å²) in [7, 11) is 0. The second-order valence-electron chi connectivity index (χ2n) is 6.08. The molecule has 1 N–H and O–H groups in total. The summed E-state index contributed by atoms with van der Waals surface area (Å²) >= 11 is 0. The molecule has 1 aromatic carbocycles. The molecule has 2 aliphatic rings. The van der Waals surface area contributed by atoms with E-state index in [1.54, 1.807) is 11.1 Å². The van der Waals surface area contributed by atoms with Crippen molar-refractivity contribution in [2.24, 2.45) is 0 Å². The summed E-state index contributed by atoms with van der Waals surface area (Å²) in [4.78, 5) is 2.65. The number of benzene rings is 1. The molecule has 0 bridgehead atoms. The Hall–Kier alpha value is -0.860. The summed E-state index contributed by atoms with van der Waals surface area (Å²) in [5.41, 5.74) is 3.12. The lowest BCUT2D eigenvalue weighted by Gasteiger charge is -2.27. The van der Waals surface area contributed by atoms with Gasteiger partial charge in [-0.15, -0.1) is 0 Å². The average molecular weight is 258 g/mol. The van der Waals surface area contributed by atoms with Gasteiger partial charge in [0.15, 0.2) is 0 Å². The Labute approximate surface area is 117 Å². The van der Waals surface area contributed by atoms with Gasteiger partial charge in [-0.1, -0.05) is 30.7 Å². The van der Waals surface area contributed by atoms with Crippen molar-refractivity contribution in [2.75, 3.05) is 19.6 Å². The van der Waals surface area contributed by atoms with E-state index >= 15 is 0 Å². The van der Waals surface area contributed by atoms with Crippen molar-refractivity contribution in [3.05, 3.63) is 35.4 Å². The lowest BCUT2D eigenvalue weighted by atomic mass is 10.0. The lowest BCUT2D eigenvalue weighted by molar-refractivity contribution is 0.242. The minimum atomic E-state index is 0.771. The molecule has 2 aliphatic heterocycles. The van der Waals surface area contributed by atoms with Gasteiger partial charge in [0.05, 0.1) is 0 Å². The highest BCUT2D eigenvalue weighted by atomic mass is 15.1. The van der Waals surface area contributed by atoms with Crippen LogP contribution in [0.15, 0.2) is 24.3 Å². The van der Waals surface area contributed by atoms with E-state index in [-0.39, 0.29) is 0 Å². The van der Waals surface area contributed by atoms with Crippen LogP contribution in [0, 0.1) is 0 Å². The van der Waals surface area contributed by atoms with Gasteiger partial charge in [-0.25, -0.2) is 0 Å². The van der Waals surface area contributed by atoms with Crippen LogP contribution in [0.1, 0.15) is 43.2 Å². The zero-order valence-corrected chi connectivity index (χ0v) is 11.9. The number of rotatable bonds is 3. The van der Waals surface area contributed by atoms with Crippen LogP contribution in [0.3, 0.4) is 0 Å². The van der Waals surface area contributed by atoms with E-state index in [9.17, 15) is 0 Å². The van der Waals surface area contributed by atoms with Gasteiger partial charge in [-0.2, -0.15) is 0 Å². The Balaban J connectivity index is 1.54. The largest absolute Gasteiger partial charge is 0.314 e. The first-order valence-electron chi connectivity index (χ1n) is 7.94. The number of hydrogen-bond acceptors (Lipinski definition) is 2. The van der Waals surface area contributed by atoms with Crippen molar-refractivity contribution in [2.45, 2.75) is 51.1 Å². The van der Waals surface area contributed by atoms with E-state index < -0.39 is 0 Å². The summed E-state index contributed by atoms with van der Waals surface area (Å²) in [5, 5.41) is 3.67. The molecule has 19 heavy (non-hydrogen) atoms. The van der Waals surface area contributed by atoms with Crippen molar-refractivity contribution in [1.29, 1.82) is 0 Å². The van der Waals surface area contributed by atoms with E-state index in [0.29, 0.717) is 0 Å². The van der Waals surface area contributed by atoms with Gasteiger partial charge in [-0.05, 0) is 62.9 Å². The van der Waals surface area contributed by atoms with Crippen LogP contribution >= 0.6 is 0 Å². The average Bonchev–Trinajstić information content (AvgIpc) is 2.68. The summed E-state index contributed by atoms with van der Waals surface area (Å²) in [6, 6.07) is 9.76. The van der Waals surface area contributed by atoms with Crippen LogP contribution in [-0.2, 0) is 13.0 Å². The first kappa shape index (κ1) is 13.1. The molecule has 2 nitrogen and oxygen atoms in total. The number of hydrogen-bond donors (Lipinski definition) is 1. The molecular formula is C17H26N2. The molecular weight excluding hydrogens is 232 g/mol. The fraction of sp³-hybridized carbons (Fsp3) is 0.647. The monoisotopic (exact) mass is 258 g/mol. The van der Waals surface area contributed by atoms with Crippen molar-refractivity contribution in [3.63, 3.8) is 0 Å². The molecule has 3 rings (SSSR count). The van der Waals surface area contributed by atoms with Gasteiger partial charge in [-0.3, -0.25) is 4.90 Å². The maximum Gasteiger partial charge on any atom is 0.0236 e. The highest BCUT2D eigenvalue weighted by Crippen LogP contribution is 2.19. The standard InChI is InChI=1S/C17H26N2/c1-2-7-16-14-19(12-5-8-15(16)6-1)13-10-17-9-3-4-11-18-17/h1-2,6-7,17-18H,3-5,8-14H2. The number of piperidine rings is 1. The molecule has 0 aliphatic carbocycles. The fourth-order valence-corrected chi connectivity index (χ4v) is 3.47. The predicted molar refractivity (Wildman–Crippen MR) is 80.3 cm³/mol. The Kier molecular flexibility index (Phi) is 4.52. The number of fused-ring (bicyclic) bond motifs is 1. The van der Waals surface area contributed by atoms with Gasteiger partial charge < -0.3 is 5.32 Å². The highest BCUT2D eigenvalue weighted by Gasteiger charge is 2.17. The molecule has 1 unspecified atom stereocenters. The lowest BCUT2D eigenvalue weighted by Crippen LogP contribution is -2.37. The molecule has 0 aromatic heterocycles. The third-order valence-electron chi connectivity index (χ3n) is 4.64. The SMILES string of the molecule is c1ccc2c(c1)CCCN(CCC1CCCCN1)C2. The zero-order valence-electron chi connectivity index (χ0n) is 11.9. The second-order valence-corrected chi connectivity index (χ2v) is 6.08. The van der Waals surface area contributed by atoms with Crippen LogP contribution in [0.5, 0.6) is 0 Å². The van der Waals surface area contributed by atoms with Crippen LogP contribution in [0.25, 0.3) is 0 Å². The Bertz CT molecular complexity index is 396. The normalized spacial score (nSPS) is 24.7. The maximum absolute atomic E-state index is 3.67. The molecule has 104 valence electrons. The van der Waals surface area contributed by atoms with Gasteiger partial charge in [0.2, 0.25) is 0 Å². The summed E-state index contributed by atoms with van der Waals surface area (Å²) in [5.74, 6) is 0. The molecule has 1 aromatic rings. The Morgan fingerprint density at radius 2 is 2.00 bits per heavy atom. The van der Waals surface area contributed by atoms with Crippen LogP contribution in [-0.4, -0.2) is 30.6 Å². The third-order valence-corrected chi connectivity index (χ3v) is 4.64. The Morgan fingerprint density at radius 1 is 1.11 bits per heavy atom. The van der Waals surface area contributed by atoms with Gasteiger partial charge in [0.1, 0.15) is 0 Å². The molecule has 2 heterocycles. The fourth-order valence-electron chi connectivity index (χ4n) is 3.47. The molecule has 0 saturated carbocycles. The van der Waals surface area contributed by atoms with Crippen molar-refractivity contribution in [1.82, 2.24) is 10.2 Å². The number of nitrogens with one attached hydrogen (secondary N) is 1. The second kappa shape index (κ2) is 6.53. The van der Waals surface area contributed by atoms with Crippen LogP contribution in [0.2, 0.25) is 0 Å².